The Morgan fingerprint density at radius 2 is 1.80 bits per heavy atom. The Kier molecular flexibility index (Phi) is 2.34. The highest BCUT2D eigenvalue weighted by Crippen LogP contribution is 2.40. The molecule has 1 N–H and O–H groups in total. The fraction of sp³-hybridized carbons (Fsp3) is 0.167. The van der Waals surface area contributed by atoms with Crippen molar-refractivity contribution in [3.8, 4) is 0 Å². The van der Waals surface area contributed by atoms with Gasteiger partial charge in [-0.3, -0.25) is 4.79 Å². The zero-order valence-electron chi connectivity index (χ0n) is 11.0. The van der Waals surface area contributed by atoms with Crippen molar-refractivity contribution in [2.45, 2.75) is 18.8 Å². The minimum Gasteiger partial charge on any atom is -0.504 e. The van der Waals surface area contributed by atoms with Gasteiger partial charge in [0.15, 0.2) is 5.76 Å². The van der Waals surface area contributed by atoms with Crippen molar-refractivity contribution in [3.63, 3.8) is 0 Å². The van der Waals surface area contributed by atoms with Gasteiger partial charge in [-0.15, -0.1) is 0 Å². The topological polar surface area (TPSA) is 37.3 Å². The van der Waals surface area contributed by atoms with Gasteiger partial charge in [0.25, 0.3) is 0 Å². The van der Waals surface area contributed by atoms with E-state index in [4.69, 9.17) is 0 Å². The molecule has 0 saturated heterocycles. The minimum absolute atomic E-state index is 0.100. The molecular formula is C18H14O2. The lowest BCUT2D eigenvalue weighted by Gasteiger charge is -2.28. The van der Waals surface area contributed by atoms with Crippen LogP contribution in [0.2, 0.25) is 0 Å². The first-order valence-corrected chi connectivity index (χ1v) is 6.89. The molecule has 2 aromatic carbocycles. The maximum atomic E-state index is 12.0. The van der Waals surface area contributed by atoms with E-state index in [2.05, 4.69) is 24.3 Å². The molecular weight excluding hydrogens is 248 g/mol. The quantitative estimate of drug-likeness (QED) is 0.783. The normalized spacial score (nSPS) is 21.0. The molecule has 1 unspecified atom stereocenters. The molecule has 2 aliphatic carbocycles. The number of aliphatic hydroxyl groups is 1. The van der Waals surface area contributed by atoms with Gasteiger partial charge in [-0.2, -0.15) is 0 Å². The molecule has 2 aliphatic rings. The highest BCUT2D eigenvalue weighted by molar-refractivity contribution is 6.09. The summed E-state index contributed by atoms with van der Waals surface area (Å²) in [5.41, 5.74) is 3.28. The summed E-state index contributed by atoms with van der Waals surface area (Å²) in [5.74, 6) is -0.205. The number of aliphatic hydroxyl groups excluding tert-OH is 1. The van der Waals surface area contributed by atoms with Crippen molar-refractivity contribution in [2.75, 3.05) is 0 Å². The second kappa shape index (κ2) is 4.07. The molecule has 20 heavy (non-hydrogen) atoms. The predicted molar refractivity (Wildman–Crippen MR) is 78.8 cm³/mol. The van der Waals surface area contributed by atoms with Crippen LogP contribution in [0.5, 0.6) is 0 Å². The van der Waals surface area contributed by atoms with E-state index in [0.717, 1.165) is 12.0 Å². The second-order valence-electron chi connectivity index (χ2n) is 5.47. The summed E-state index contributed by atoms with van der Waals surface area (Å²) >= 11 is 0. The third-order valence-corrected chi connectivity index (χ3v) is 4.34. The summed E-state index contributed by atoms with van der Waals surface area (Å²) in [6, 6.07) is 12.7. The molecule has 0 bridgehead atoms. The fourth-order valence-electron chi connectivity index (χ4n) is 3.31. The van der Waals surface area contributed by atoms with Gasteiger partial charge >= 0.3 is 0 Å². The Hall–Kier alpha value is -2.35. The summed E-state index contributed by atoms with van der Waals surface area (Å²) in [6.45, 7) is 0. The lowest BCUT2D eigenvalue weighted by Crippen LogP contribution is -2.22. The van der Waals surface area contributed by atoms with Crippen molar-refractivity contribution in [3.05, 3.63) is 71.0 Å². The third-order valence-electron chi connectivity index (χ3n) is 4.34. The van der Waals surface area contributed by atoms with Crippen LogP contribution in [0.15, 0.2) is 59.9 Å². The van der Waals surface area contributed by atoms with Gasteiger partial charge < -0.3 is 5.11 Å². The number of carbonyl (C=O) groups is 1. The van der Waals surface area contributed by atoms with Gasteiger partial charge in [0, 0.05) is 11.5 Å². The Labute approximate surface area is 117 Å². The Morgan fingerprint density at radius 1 is 1.05 bits per heavy atom. The number of hydrogen-bond donors (Lipinski definition) is 1. The number of Topliss-reactive ketones (excluding diaryl/α,β-unsaturated/α-hetero) is 1. The Morgan fingerprint density at radius 3 is 2.60 bits per heavy atom. The molecule has 4 rings (SSSR count). The molecule has 0 amide bonds. The molecule has 2 nitrogen and oxygen atoms in total. The monoisotopic (exact) mass is 262 g/mol. The lowest BCUT2D eigenvalue weighted by atomic mass is 9.75. The molecule has 98 valence electrons. The van der Waals surface area contributed by atoms with Crippen LogP contribution in [-0.4, -0.2) is 10.9 Å². The van der Waals surface area contributed by atoms with Gasteiger partial charge in [0.2, 0.25) is 5.78 Å². The van der Waals surface area contributed by atoms with Crippen LogP contribution in [0.3, 0.4) is 0 Å². The molecule has 0 saturated carbocycles. The van der Waals surface area contributed by atoms with E-state index in [1.54, 1.807) is 6.08 Å². The predicted octanol–water partition coefficient (Wildman–Crippen LogP) is 3.82. The number of ketones is 1. The standard InChI is InChI=1S/C18H14O2/c19-17-8-7-14-15(18(17)20)6-5-13-9-11-3-1-2-4-12(11)10-16(13)14/h1-4,6,8-10,14,19H,5,7H2. The van der Waals surface area contributed by atoms with Crippen LogP contribution in [0.4, 0.5) is 0 Å². The van der Waals surface area contributed by atoms with Crippen molar-refractivity contribution >= 4 is 16.6 Å². The molecule has 2 aromatic rings. The molecule has 0 aromatic heterocycles. The summed E-state index contributed by atoms with van der Waals surface area (Å²) in [4.78, 5) is 12.0. The van der Waals surface area contributed by atoms with E-state index in [1.165, 1.54) is 21.9 Å². The number of benzene rings is 2. The van der Waals surface area contributed by atoms with Crippen molar-refractivity contribution < 1.29 is 9.90 Å². The summed E-state index contributed by atoms with van der Waals surface area (Å²) in [7, 11) is 0. The molecule has 0 fully saturated rings. The summed E-state index contributed by atoms with van der Waals surface area (Å²) in [6.07, 6.45) is 5.10. The van der Waals surface area contributed by atoms with Crippen LogP contribution in [0, 0.1) is 0 Å². The zero-order chi connectivity index (χ0) is 13.7. The average Bonchev–Trinajstić information content (AvgIpc) is 2.48. The van der Waals surface area contributed by atoms with Crippen molar-refractivity contribution in [1.82, 2.24) is 0 Å². The van der Waals surface area contributed by atoms with E-state index in [-0.39, 0.29) is 17.5 Å². The zero-order valence-corrected chi connectivity index (χ0v) is 11.0. The Bertz CT molecular complexity index is 796. The fourth-order valence-corrected chi connectivity index (χ4v) is 3.31. The molecule has 0 spiro atoms. The second-order valence-corrected chi connectivity index (χ2v) is 5.47. The van der Waals surface area contributed by atoms with Crippen LogP contribution in [0.25, 0.3) is 10.8 Å². The lowest BCUT2D eigenvalue weighted by molar-refractivity contribution is -0.115. The molecule has 0 heterocycles. The molecule has 0 radical (unpaired) electrons. The van der Waals surface area contributed by atoms with Crippen LogP contribution in [-0.2, 0) is 11.2 Å². The van der Waals surface area contributed by atoms with Gasteiger partial charge in [-0.1, -0.05) is 42.5 Å². The van der Waals surface area contributed by atoms with Crippen molar-refractivity contribution in [1.29, 1.82) is 0 Å². The van der Waals surface area contributed by atoms with Gasteiger partial charge in [0.1, 0.15) is 0 Å². The van der Waals surface area contributed by atoms with Gasteiger partial charge in [-0.05, 0) is 40.8 Å². The van der Waals surface area contributed by atoms with E-state index in [9.17, 15) is 9.90 Å². The number of allylic oxidation sites excluding steroid dienone is 3. The summed E-state index contributed by atoms with van der Waals surface area (Å²) in [5, 5.41) is 12.1. The van der Waals surface area contributed by atoms with E-state index < -0.39 is 0 Å². The van der Waals surface area contributed by atoms with Crippen molar-refractivity contribution in [2.24, 2.45) is 0 Å². The van der Waals surface area contributed by atoms with E-state index >= 15 is 0 Å². The van der Waals surface area contributed by atoms with Gasteiger partial charge in [0.05, 0.1) is 0 Å². The Balaban J connectivity index is 1.92. The smallest absolute Gasteiger partial charge is 0.223 e. The van der Waals surface area contributed by atoms with Crippen LogP contribution < -0.4 is 0 Å². The number of hydrogen-bond acceptors (Lipinski definition) is 2. The largest absolute Gasteiger partial charge is 0.504 e. The maximum Gasteiger partial charge on any atom is 0.223 e. The SMILES string of the molecule is O=C1C(O)=CCC2C1=CCc1cc3ccccc3cc12. The molecule has 0 aliphatic heterocycles. The minimum atomic E-state index is -0.208. The number of rotatable bonds is 0. The van der Waals surface area contributed by atoms with Gasteiger partial charge in [-0.25, -0.2) is 0 Å². The highest BCUT2D eigenvalue weighted by atomic mass is 16.3. The first-order chi connectivity index (χ1) is 9.74. The molecule has 2 heteroatoms. The average molecular weight is 262 g/mol. The first kappa shape index (κ1) is 11.5. The van der Waals surface area contributed by atoms with E-state index in [1.807, 2.05) is 18.2 Å². The van der Waals surface area contributed by atoms with E-state index in [0.29, 0.717) is 6.42 Å². The first-order valence-electron chi connectivity index (χ1n) is 6.89. The van der Waals surface area contributed by atoms with Crippen LogP contribution in [0.1, 0.15) is 23.5 Å². The van der Waals surface area contributed by atoms with Crippen LogP contribution >= 0.6 is 0 Å². The highest BCUT2D eigenvalue weighted by Gasteiger charge is 2.32. The number of fused-ring (bicyclic) bond motifs is 4. The molecule has 1 atom stereocenters. The third kappa shape index (κ3) is 1.54. The summed E-state index contributed by atoms with van der Waals surface area (Å²) < 4.78 is 0. The number of carbonyl (C=O) groups excluding carboxylic acids is 1. The maximum absolute atomic E-state index is 12.0.